The number of benzene rings is 1. The standard InChI is InChI=1S/C14H14F2/c1-3-12(10-14(16)8-9-15)13-6-4-11(2)5-7-13/h3-8,10H,1,9H2,2H3/b12-10+,14-8+. The minimum atomic E-state index is -0.805. The Morgan fingerprint density at radius 1 is 1.31 bits per heavy atom. The van der Waals surface area contributed by atoms with E-state index >= 15 is 0 Å². The highest BCUT2D eigenvalue weighted by Crippen LogP contribution is 2.18. The van der Waals surface area contributed by atoms with Crippen molar-refractivity contribution in [3.8, 4) is 0 Å². The zero-order valence-corrected chi connectivity index (χ0v) is 9.21. The monoisotopic (exact) mass is 220 g/mol. The van der Waals surface area contributed by atoms with Crippen molar-refractivity contribution in [3.63, 3.8) is 0 Å². The van der Waals surface area contributed by atoms with Gasteiger partial charge in [-0.3, -0.25) is 0 Å². The molecule has 0 aliphatic carbocycles. The predicted molar refractivity (Wildman–Crippen MR) is 64.5 cm³/mol. The SMILES string of the molecule is C=C/C(=C\C(F)=C/CF)c1ccc(C)cc1. The molecule has 0 saturated heterocycles. The molecular formula is C14H14F2. The van der Waals surface area contributed by atoms with Crippen molar-refractivity contribution in [2.75, 3.05) is 6.67 Å². The zero-order valence-electron chi connectivity index (χ0n) is 9.21. The van der Waals surface area contributed by atoms with Crippen LogP contribution in [-0.2, 0) is 0 Å². The van der Waals surface area contributed by atoms with Crippen molar-refractivity contribution < 1.29 is 8.78 Å². The van der Waals surface area contributed by atoms with E-state index in [1.807, 2.05) is 31.2 Å². The van der Waals surface area contributed by atoms with E-state index in [2.05, 4.69) is 6.58 Å². The van der Waals surface area contributed by atoms with E-state index in [-0.39, 0.29) is 0 Å². The molecule has 1 rings (SSSR count). The second-order valence-corrected chi connectivity index (χ2v) is 3.41. The van der Waals surface area contributed by atoms with Gasteiger partial charge in [-0.2, -0.15) is 0 Å². The summed E-state index contributed by atoms with van der Waals surface area (Å²) in [4.78, 5) is 0. The number of alkyl halides is 1. The number of hydrogen-bond donors (Lipinski definition) is 0. The number of allylic oxidation sites excluding steroid dienone is 5. The maximum Gasteiger partial charge on any atom is 0.122 e. The van der Waals surface area contributed by atoms with Crippen LogP contribution in [0.3, 0.4) is 0 Å². The Kier molecular flexibility index (Phi) is 4.65. The van der Waals surface area contributed by atoms with Crippen LogP contribution in [0.4, 0.5) is 8.78 Å². The summed E-state index contributed by atoms with van der Waals surface area (Å²) in [5.41, 5.74) is 2.64. The van der Waals surface area contributed by atoms with Crippen LogP contribution in [-0.4, -0.2) is 6.67 Å². The molecule has 84 valence electrons. The molecule has 0 saturated carbocycles. The van der Waals surface area contributed by atoms with E-state index in [0.29, 0.717) is 5.57 Å². The summed E-state index contributed by atoms with van der Waals surface area (Å²) >= 11 is 0. The fourth-order valence-electron chi connectivity index (χ4n) is 1.29. The van der Waals surface area contributed by atoms with Gasteiger partial charge >= 0.3 is 0 Å². The van der Waals surface area contributed by atoms with Gasteiger partial charge in [0.25, 0.3) is 0 Å². The third kappa shape index (κ3) is 3.46. The van der Waals surface area contributed by atoms with Gasteiger partial charge in [-0.05, 0) is 30.2 Å². The first-order valence-corrected chi connectivity index (χ1v) is 5.00. The smallest absolute Gasteiger partial charge is 0.122 e. The number of hydrogen-bond acceptors (Lipinski definition) is 0. The Hall–Kier alpha value is -1.70. The fraction of sp³-hybridized carbons (Fsp3) is 0.143. The molecule has 1 aromatic rings. The van der Waals surface area contributed by atoms with Crippen LogP contribution in [0.25, 0.3) is 5.57 Å². The lowest BCUT2D eigenvalue weighted by molar-refractivity contribution is 0.548. The molecule has 0 amide bonds. The normalized spacial score (nSPS) is 12.7. The lowest BCUT2D eigenvalue weighted by Crippen LogP contribution is -1.82. The average Bonchev–Trinajstić information content (AvgIpc) is 2.27. The Morgan fingerprint density at radius 2 is 1.94 bits per heavy atom. The molecule has 0 nitrogen and oxygen atoms in total. The number of rotatable bonds is 4. The van der Waals surface area contributed by atoms with Crippen molar-refractivity contribution >= 4 is 5.57 Å². The summed E-state index contributed by atoms with van der Waals surface area (Å²) in [5, 5.41) is 0. The van der Waals surface area contributed by atoms with Crippen molar-refractivity contribution in [1.82, 2.24) is 0 Å². The molecule has 0 fully saturated rings. The van der Waals surface area contributed by atoms with E-state index in [9.17, 15) is 8.78 Å². The van der Waals surface area contributed by atoms with Gasteiger partial charge < -0.3 is 0 Å². The van der Waals surface area contributed by atoms with E-state index in [0.717, 1.165) is 17.2 Å². The minimum absolute atomic E-state index is 0.585. The van der Waals surface area contributed by atoms with Gasteiger partial charge in [0.05, 0.1) is 0 Å². The summed E-state index contributed by atoms with van der Waals surface area (Å²) in [6.07, 6.45) is 3.71. The largest absolute Gasteiger partial charge is 0.246 e. The second kappa shape index (κ2) is 6.01. The third-order valence-corrected chi connectivity index (χ3v) is 2.17. The van der Waals surface area contributed by atoms with Gasteiger partial charge in [-0.1, -0.05) is 42.5 Å². The van der Waals surface area contributed by atoms with Crippen LogP contribution in [0.15, 0.2) is 54.9 Å². The molecule has 2 heteroatoms. The molecule has 0 radical (unpaired) electrons. The van der Waals surface area contributed by atoms with E-state index < -0.39 is 12.5 Å². The molecule has 0 unspecified atom stereocenters. The van der Waals surface area contributed by atoms with Crippen molar-refractivity contribution in [1.29, 1.82) is 0 Å². The molecule has 0 spiro atoms. The molecule has 16 heavy (non-hydrogen) atoms. The highest BCUT2D eigenvalue weighted by Gasteiger charge is 1.98. The lowest BCUT2D eigenvalue weighted by Gasteiger charge is -2.02. The molecule has 0 aliphatic rings. The maximum atomic E-state index is 13.1. The van der Waals surface area contributed by atoms with Crippen LogP contribution in [0.5, 0.6) is 0 Å². The summed E-state index contributed by atoms with van der Waals surface area (Å²) in [5.74, 6) is -0.585. The van der Waals surface area contributed by atoms with Gasteiger partial charge in [-0.15, -0.1) is 0 Å². The third-order valence-electron chi connectivity index (χ3n) is 2.17. The molecule has 0 aliphatic heterocycles. The van der Waals surface area contributed by atoms with E-state index in [4.69, 9.17) is 0 Å². The van der Waals surface area contributed by atoms with Crippen LogP contribution in [0, 0.1) is 6.92 Å². The first kappa shape index (κ1) is 12.4. The van der Waals surface area contributed by atoms with Crippen molar-refractivity contribution in [2.24, 2.45) is 0 Å². The first-order valence-electron chi connectivity index (χ1n) is 5.00. The number of aryl methyl sites for hydroxylation is 1. The van der Waals surface area contributed by atoms with Gasteiger partial charge in [0.15, 0.2) is 0 Å². The molecule has 0 aromatic heterocycles. The summed E-state index contributed by atoms with van der Waals surface area (Å²) < 4.78 is 25.0. The van der Waals surface area contributed by atoms with Gasteiger partial charge in [-0.25, -0.2) is 8.78 Å². The van der Waals surface area contributed by atoms with E-state index in [1.165, 1.54) is 6.08 Å². The lowest BCUT2D eigenvalue weighted by atomic mass is 10.0. The molecule has 1 aromatic carbocycles. The Balaban J connectivity index is 3.03. The van der Waals surface area contributed by atoms with Crippen LogP contribution >= 0.6 is 0 Å². The summed E-state index contributed by atoms with van der Waals surface area (Å²) in [6.45, 7) is 4.79. The number of halogens is 2. The molecule has 0 heterocycles. The summed E-state index contributed by atoms with van der Waals surface area (Å²) in [7, 11) is 0. The Bertz CT molecular complexity index is 411. The second-order valence-electron chi connectivity index (χ2n) is 3.41. The fourth-order valence-corrected chi connectivity index (χ4v) is 1.29. The van der Waals surface area contributed by atoms with Gasteiger partial charge in [0.1, 0.15) is 12.5 Å². The maximum absolute atomic E-state index is 13.1. The van der Waals surface area contributed by atoms with E-state index in [1.54, 1.807) is 6.08 Å². The quantitative estimate of drug-likeness (QED) is 0.660. The zero-order chi connectivity index (χ0) is 12.0. The Morgan fingerprint density at radius 3 is 2.44 bits per heavy atom. The topological polar surface area (TPSA) is 0 Å². The van der Waals surface area contributed by atoms with Gasteiger partial charge in [0.2, 0.25) is 0 Å². The molecule has 0 atom stereocenters. The highest BCUT2D eigenvalue weighted by atomic mass is 19.1. The molecular weight excluding hydrogens is 206 g/mol. The Labute approximate surface area is 94.6 Å². The van der Waals surface area contributed by atoms with Crippen molar-refractivity contribution in [2.45, 2.75) is 6.92 Å². The highest BCUT2D eigenvalue weighted by molar-refractivity contribution is 5.75. The first-order chi connectivity index (χ1) is 7.67. The molecule has 0 bridgehead atoms. The van der Waals surface area contributed by atoms with Gasteiger partial charge in [0, 0.05) is 0 Å². The van der Waals surface area contributed by atoms with Crippen LogP contribution in [0.1, 0.15) is 11.1 Å². The average molecular weight is 220 g/mol. The van der Waals surface area contributed by atoms with Crippen molar-refractivity contribution in [3.05, 3.63) is 66.0 Å². The molecule has 0 N–H and O–H groups in total. The summed E-state index contributed by atoms with van der Waals surface area (Å²) in [6, 6.07) is 7.63. The predicted octanol–water partition coefficient (Wildman–Crippen LogP) is 4.39. The van der Waals surface area contributed by atoms with Crippen LogP contribution < -0.4 is 0 Å². The minimum Gasteiger partial charge on any atom is -0.246 e. The van der Waals surface area contributed by atoms with Crippen LogP contribution in [0.2, 0.25) is 0 Å².